The van der Waals surface area contributed by atoms with Crippen LogP contribution >= 0.6 is 12.4 Å². The van der Waals surface area contributed by atoms with Gasteiger partial charge in [0.1, 0.15) is 12.4 Å². The first-order chi connectivity index (χ1) is 15.2. The largest absolute Gasteiger partial charge is 0.489 e. The summed E-state index contributed by atoms with van der Waals surface area (Å²) in [5, 5.41) is 6.23. The van der Waals surface area contributed by atoms with Crippen molar-refractivity contribution in [3.8, 4) is 5.75 Å². The molecule has 2 nitrogen and oxygen atoms in total. The van der Waals surface area contributed by atoms with Gasteiger partial charge in [0, 0.05) is 18.2 Å². The molecule has 166 valence electrons. The maximum Gasteiger partial charge on any atom is 0.124 e. The maximum atomic E-state index is 6.29. The van der Waals surface area contributed by atoms with Gasteiger partial charge >= 0.3 is 0 Å². The Hall–Kier alpha value is -2.81. The molecule has 4 aromatic carbocycles. The molecule has 0 bridgehead atoms. The molecule has 1 N–H and O–H groups in total. The molecule has 0 amide bonds. The zero-order valence-corrected chi connectivity index (χ0v) is 19.7. The standard InChI is InChI=1S/C29H31NO.ClH/c1-22-12-15-25(16-13-22)21-31-29-19-18-26-10-6-7-11-27(26)28(29)20-30-23(2)14-17-24-8-4-3-5-9-24;/h3-13,15-16,18-19,23,30H,14,17,20-21H2,1-2H3;1H. The molecule has 0 heterocycles. The van der Waals surface area contributed by atoms with Crippen LogP contribution in [0, 0.1) is 6.92 Å². The number of fused-ring (bicyclic) bond motifs is 1. The van der Waals surface area contributed by atoms with Crippen LogP contribution in [0.15, 0.2) is 91.0 Å². The Morgan fingerprint density at radius 1 is 0.781 bits per heavy atom. The van der Waals surface area contributed by atoms with Crippen molar-refractivity contribution in [2.75, 3.05) is 0 Å². The van der Waals surface area contributed by atoms with Gasteiger partial charge in [-0.15, -0.1) is 12.4 Å². The topological polar surface area (TPSA) is 21.3 Å². The Balaban J connectivity index is 0.00000289. The van der Waals surface area contributed by atoms with E-state index in [0.29, 0.717) is 12.6 Å². The van der Waals surface area contributed by atoms with E-state index in [1.165, 1.54) is 33.0 Å². The van der Waals surface area contributed by atoms with E-state index in [9.17, 15) is 0 Å². The monoisotopic (exact) mass is 445 g/mol. The Labute approximate surface area is 198 Å². The minimum Gasteiger partial charge on any atom is -0.489 e. The van der Waals surface area contributed by atoms with Crippen LogP contribution in [-0.2, 0) is 19.6 Å². The van der Waals surface area contributed by atoms with Crippen LogP contribution in [0.5, 0.6) is 5.75 Å². The van der Waals surface area contributed by atoms with Gasteiger partial charge in [0.05, 0.1) is 0 Å². The lowest BCUT2D eigenvalue weighted by Gasteiger charge is -2.18. The second-order valence-electron chi connectivity index (χ2n) is 8.34. The molecule has 0 aliphatic heterocycles. The Kier molecular flexibility index (Phi) is 8.72. The first-order valence-electron chi connectivity index (χ1n) is 11.2. The van der Waals surface area contributed by atoms with Crippen molar-refractivity contribution in [1.82, 2.24) is 5.32 Å². The van der Waals surface area contributed by atoms with Crippen molar-refractivity contribution in [3.05, 3.63) is 113 Å². The molecule has 0 saturated heterocycles. The van der Waals surface area contributed by atoms with Gasteiger partial charge in [0.2, 0.25) is 0 Å². The van der Waals surface area contributed by atoms with Gasteiger partial charge in [-0.2, -0.15) is 0 Å². The van der Waals surface area contributed by atoms with Gasteiger partial charge in [-0.1, -0.05) is 90.5 Å². The highest BCUT2D eigenvalue weighted by Gasteiger charge is 2.11. The molecule has 0 aliphatic rings. The summed E-state index contributed by atoms with van der Waals surface area (Å²) in [4.78, 5) is 0. The number of rotatable bonds is 9. The van der Waals surface area contributed by atoms with Gasteiger partial charge in [0.25, 0.3) is 0 Å². The summed E-state index contributed by atoms with van der Waals surface area (Å²) in [5.74, 6) is 0.960. The minimum atomic E-state index is 0. The molecule has 32 heavy (non-hydrogen) atoms. The van der Waals surface area contributed by atoms with Crippen molar-refractivity contribution >= 4 is 23.2 Å². The van der Waals surface area contributed by atoms with E-state index in [4.69, 9.17) is 4.74 Å². The number of ether oxygens (including phenoxy) is 1. The van der Waals surface area contributed by atoms with Crippen molar-refractivity contribution < 1.29 is 4.74 Å². The average Bonchev–Trinajstić information content (AvgIpc) is 2.82. The first kappa shape index (κ1) is 23.8. The summed E-state index contributed by atoms with van der Waals surface area (Å²) in [6.07, 6.45) is 2.19. The van der Waals surface area contributed by atoms with Crippen LogP contribution in [0.2, 0.25) is 0 Å². The highest BCUT2D eigenvalue weighted by atomic mass is 35.5. The quantitative estimate of drug-likeness (QED) is 0.292. The van der Waals surface area contributed by atoms with Gasteiger partial charge < -0.3 is 10.1 Å². The van der Waals surface area contributed by atoms with Crippen molar-refractivity contribution in [2.45, 2.75) is 45.9 Å². The van der Waals surface area contributed by atoms with Crippen LogP contribution in [0.25, 0.3) is 10.8 Å². The number of hydrogen-bond donors (Lipinski definition) is 1. The average molecular weight is 446 g/mol. The lowest BCUT2D eigenvalue weighted by atomic mass is 10.0. The molecule has 0 fully saturated rings. The van der Waals surface area contributed by atoms with E-state index in [-0.39, 0.29) is 12.4 Å². The molecule has 0 saturated carbocycles. The van der Waals surface area contributed by atoms with Crippen LogP contribution in [0.4, 0.5) is 0 Å². The Morgan fingerprint density at radius 2 is 1.50 bits per heavy atom. The number of nitrogens with one attached hydrogen (secondary N) is 1. The lowest BCUT2D eigenvalue weighted by molar-refractivity contribution is 0.302. The molecule has 0 aromatic heterocycles. The zero-order chi connectivity index (χ0) is 21.5. The molecule has 1 unspecified atom stereocenters. The smallest absolute Gasteiger partial charge is 0.124 e. The highest BCUT2D eigenvalue weighted by Crippen LogP contribution is 2.29. The fourth-order valence-corrected chi connectivity index (χ4v) is 3.89. The van der Waals surface area contributed by atoms with Gasteiger partial charge in [-0.3, -0.25) is 0 Å². The molecule has 4 rings (SSSR count). The van der Waals surface area contributed by atoms with E-state index in [1.807, 2.05) is 0 Å². The van der Waals surface area contributed by atoms with E-state index in [0.717, 1.165) is 25.1 Å². The third-order valence-corrected chi connectivity index (χ3v) is 5.85. The molecular formula is C29H32ClNO. The summed E-state index contributed by atoms with van der Waals surface area (Å²) in [7, 11) is 0. The normalized spacial score (nSPS) is 11.7. The van der Waals surface area contributed by atoms with Crippen LogP contribution < -0.4 is 10.1 Å². The molecule has 4 aromatic rings. The van der Waals surface area contributed by atoms with Crippen LogP contribution in [0.3, 0.4) is 0 Å². The van der Waals surface area contributed by atoms with E-state index in [1.54, 1.807) is 0 Å². The summed E-state index contributed by atoms with van der Waals surface area (Å²) in [5.41, 5.74) is 5.08. The third-order valence-electron chi connectivity index (χ3n) is 5.85. The molecular weight excluding hydrogens is 414 g/mol. The number of hydrogen-bond acceptors (Lipinski definition) is 2. The van der Waals surface area contributed by atoms with E-state index in [2.05, 4.69) is 110 Å². The predicted molar refractivity (Wildman–Crippen MR) is 138 cm³/mol. The van der Waals surface area contributed by atoms with Crippen molar-refractivity contribution in [3.63, 3.8) is 0 Å². The summed E-state index contributed by atoms with van der Waals surface area (Å²) < 4.78 is 6.29. The lowest BCUT2D eigenvalue weighted by Crippen LogP contribution is -2.26. The number of aryl methyl sites for hydroxylation is 2. The molecule has 0 spiro atoms. The van der Waals surface area contributed by atoms with E-state index >= 15 is 0 Å². The van der Waals surface area contributed by atoms with Crippen molar-refractivity contribution in [2.24, 2.45) is 0 Å². The zero-order valence-electron chi connectivity index (χ0n) is 18.9. The van der Waals surface area contributed by atoms with Crippen molar-refractivity contribution in [1.29, 1.82) is 0 Å². The molecule has 0 radical (unpaired) electrons. The second kappa shape index (κ2) is 11.7. The fourth-order valence-electron chi connectivity index (χ4n) is 3.89. The van der Waals surface area contributed by atoms with Gasteiger partial charge in [-0.25, -0.2) is 0 Å². The van der Waals surface area contributed by atoms with Crippen LogP contribution in [0.1, 0.15) is 35.6 Å². The molecule has 1 atom stereocenters. The maximum absolute atomic E-state index is 6.29. The fraction of sp³-hybridized carbons (Fsp3) is 0.241. The molecule has 0 aliphatic carbocycles. The van der Waals surface area contributed by atoms with Gasteiger partial charge in [-0.05, 0) is 54.7 Å². The van der Waals surface area contributed by atoms with Crippen LogP contribution in [-0.4, -0.2) is 6.04 Å². The summed E-state index contributed by atoms with van der Waals surface area (Å²) >= 11 is 0. The Bertz CT molecular complexity index is 1110. The number of halogens is 1. The Morgan fingerprint density at radius 3 is 2.28 bits per heavy atom. The minimum absolute atomic E-state index is 0. The van der Waals surface area contributed by atoms with E-state index < -0.39 is 0 Å². The first-order valence-corrected chi connectivity index (χ1v) is 11.2. The summed E-state index contributed by atoms with van der Waals surface area (Å²) in [6, 6.07) is 32.5. The number of benzene rings is 4. The molecule has 3 heteroatoms. The SMILES string of the molecule is Cc1ccc(COc2ccc3ccccc3c2CNC(C)CCc2ccccc2)cc1.Cl. The summed E-state index contributed by atoms with van der Waals surface area (Å²) in [6.45, 7) is 5.74. The van der Waals surface area contributed by atoms with Gasteiger partial charge in [0.15, 0.2) is 0 Å². The highest BCUT2D eigenvalue weighted by molar-refractivity contribution is 5.87. The second-order valence-corrected chi connectivity index (χ2v) is 8.34. The predicted octanol–water partition coefficient (Wildman–Crippen LogP) is 7.26. The third kappa shape index (κ3) is 6.35.